The molecule has 2 rings (SSSR count). The van der Waals surface area contributed by atoms with E-state index in [1.807, 2.05) is 0 Å². The summed E-state index contributed by atoms with van der Waals surface area (Å²) in [6, 6.07) is 9.15. The molecule has 0 aliphatic carbocycles. The Morgan fingerprint density at radius 1 is 0.818 bits per heavy atom. The molecule has 3 N–H and O–H groups in total. The van der Waals surface area contributed by atoms with Crippen molar-refractivity contribution < 1.29 is 29.7 Å². The molecule has 6 heteroatoms. The van der Waals surface area contributed by atoms with E-state index in [1.165, 1.54) is 6.92 Å². The van der Waals surface area contributed by atoms with Crippen molar-refractivity contribution in [3.8, 4) is 11.1 Å². The number of hydrogen-bond acceptors (Lipinski definition) is 3. The summed E-state index contributed by atoms with van der Waals surface area (Å²) < 4.78 is 0. The van der Waals surface area contributed by atoms with E-state index in [0.717, 1.165) is 6.07 Å². The van der Waals surface area contributed by atoms with Crippen molar-refractivity contribution in [2.24, 2.45) is 0 Å². The molecule has 6 nitrogen and oxygen atoms in total. The molecule has 0 aliphatic rings. The van der Waals surface area contributed by atoms with Crippen LogP contribution in [0, 0.1) is 6.92 Å². The fourth-order valence-corrected chi connectivity index (χ4v) is 2.34. The molecule has 112 valence electrons. The highest BCUT2D eigenvalue weighted by atomic mass is 16.4. The van der Waals surface area contributed by atoms with E-state index in [0.29, 0.717) is 5.56 Å². The molecule has 0 aromatic heterocycles. The van der Waals surface area contributed by atoms with Crippen molar-refractivity contribution in [2.75, 3.05) is 0 Å². The Morgan fingerprint density at radius 2 is 1.36 bits per heavy atom. The number of benzene rings is 2. The monoisotopic (exact) mass is 300 g/mol. The van der Waals surface area contributed by atoms with Gasteiger partial charge in [-0.25, -0.2) is 14.4 Å². The van der Waals surface area contributed by atoms with Crippen LogP contribution in [0.4, 0.5) is 0 Å². The average Bonchev–Trinajstić information content (AvgIpc) is 2.46. The molecular formula is C16H12O6. The van der Waals surface area contributed by atoms with Crippen LogP contribution in [0.2, 0.25) is 0 Å². The molecule has 0 unspecified atom stereocenters. The molecule has 0 fully saturated rings. The number of carbonyl (C=O) groups is 3. The lowest BCUT2D eigenvalue weighted by molar-refractivity contribution is 0.0695. The Bertz CT molecular complexity index is 777. The van der Waals surface area contributed by atoms with Crippen LogP contribution < -0.4 is 0 Å². The molecule has 0 amide bonds. The Hall–Kier alpha value is -3.15. The Kier molecular flexibility index (Phi) is 3.94. The summed E-state index contributed by atoms with van der Waals surface area (Å²) in [5.41, 5.74) is -0.589. The lowest BCUT2D eigenvalue weighted by atomic mass is 9.88. The first-order chi connectivity index (χ1) is 10.3. The highest BCUT2D eigenvalue weighted by Gasteiger charge is 2.26. The van der Waals surface area contributed by atoms with E-state index in [1.54, 1.807) is 30.3 Å². The fraction of sp³-hybridized carbons (Fsp3) is 0.0625. The van der Waals surface area contributed by atoms with Gasteiger partial charge in [-0.15, -0.1) is 0 Å². The predicted molar refractivity (Wildman–Crippen MR) is 77.5 cm³/mol. The molecule has 0 atom stereocenters. The van der Waals surface area contributed by atoms with Crippen molar-refractivity contribution in [2.45, 2.75) is 6.92 Å². The Balaban J connectivity index is 2.97. The second-order valence-corrected chi connectivity index (χ2v) is 4.63. The second kappa shape index (κ2) is 5.69. The SMILES string of the molecule is Cc1c(C(=O)O)cc(C(=O)O)c(-c2ccccc2)c1C(=O)O. The maximum atomic E-state index is 11.6. The average molecular weight is 300 g/mol. The van der Waals surface area contributed by atoms with Gasteiger partial charge in [0.05, 0.1) is 16.7 Å². The van der Waals surface area contributed by atoms with E-state index >= 15 is 0 Å². The second-order valence-electron chi connectivity index (χ2n) is 4.63. The lowest BCUT2D eigenvalue weighted by Crippen LogP contribution is -2.14. The van der Waals surface area contributed by atoms with Gasteiger partial charge in [0.15, 0.2) is 0 Å². The summed E-state index contributed by atoms with van der Waals surface area (Å²) >= 11 is 0. The van der Waals surface area contributed by atoms with Crippen LogP contribution >= 0.6 is 0 Å². The molecule has 0 spiro atoms. The molecule has 0 heterocycles. The van der Waals surface area contributed by atoms with E-state index < -0.39 is 17.9 Å². The molecular weight excluding hydrogens is 288 g/mol. The summed E-state index contributed by atoms with van der Waals surface area (Å²) in [4.78, 5) is 34.3. The number of carboxylic acid groups (broad SMARTS) is 3. The summed E-state index contributed by atoms with van der Waals surface area (Å²) in [7, 11) is 0. The van der Waals surface area contributed by atoms with Gasteiger partial charge in [0.2, 0.25) is 0 Å². The van der Waals surface area contributed by atoms with Crippen LogP contribution in [0.5, 0.6) is 0 Å². The van der Waals surface area contributed by atoms with Crippen LogP contribution in [0.3, 0.4) is 0 Å². The normalized spacial score (nSPS) is 10.2. The van der Waals surface area contributed by atoms with Gasteiger partial charge in [-0.05, 0) is 24.1 Å². The minimum Gasteiger partial charge on any atom is -0.478 e. The van der Waals surface area contributed by atoms with Crippen LogP contribution in [0.25, 0.3) is 11.1 Å². The maximum absolute atomic E-state index is 11.6. The third-order valence-corrected chi connectivity index (χ3v) is 3.32. The smallest absolute Gasteiger partial charge is 0.336 e. The van der Waals surface area contributed by atoms with Crippen LogP contribution in [-0.4, -0.2) is 33.2 Å². The summed E-state index contributed by atoms with van der Waals surface area (Å²) in [5.74, 6) is -4.13. The Morgan fingerprint density at radius 3 is 1.82 bits per heavy atom. The quantitative estimate of drug-likeness (QED) is 0.800. The van der Waals surface area contributed by atoms with E-state index in [2.05, 4.69) is 0 Å². The highest BCUT2D eigenvalue weighted by molar-refractivity contribution is 6.09. The molecule has 0 saturated heterocycles. The van der Waals surface area contributed by atoms with E-state index in [9.17, 15) is 24.6 Å². The molecule has 0 saturated carbocycles. The minimum atomic E-state index is -1.39. The fourth-order valence-electron chi connectivity index (χ4n) is 2.34. The zero-order valence-corrected chi connectivity index (χ0v) is 11.5. The first-order valence-corrected chi connectivity index (χ1v) is 6.27. The number of carboxylic acids is 3. The van der Waals surface area contributed by atoms with Gasteiger partial charge in [-0.1, -0.05) is 30.3 Å². The van der Waals surface area contributed by atoms with Crippen molar-refractivity contribution in [1.29, 1.82) is 0 Å². The van der Waals surface area contributed by atoms with Gasteiger partial charge in [0, 0.05) is 5.56 Å². The van der Waals surface area contributed by atoms with Gasteiger partial charge in [0.1, 0.15) is 0 Å². The third-order valence-electron chi connectivity index (χ3n) is 3.32. The van der Waals surface area contributed by atoms with Crippen molar-refractivity contribution >= 4 is 17.9 Å². The van der Waals surface area contributed by atoms with Gasteiger partial charge in [-0.3, -0.25) is 0 Å². The van der Waals surface area contributed by atoms with Gasteiger partial charge < -0.3 is 15.3 Å². The third kappa shape index (κ3) is 2.54. The van der Waals surface area contributed by atoms with E-state index in [-0.39, 0.29) is 27.8 Å². The zero-order valence-electron chi connectivity index (χ0n) is 11.5. The molecule has 0 bridgehead atoms. The zero-order chi connectivity index (χ0) is 16.4. The van der Waals surface area contributed by atoms with Crippen LogP contribution in [0.15, 0.2) is 36.4 Å². The molecule has 0 radical (unpaired) electrons. The predicted octanol–water partition coefficient (Wildman–Crippen LogP) is 2.76. The van der Waals surface area contributed by atoms with Gasteiger partial charge >= 0.3 is 17.9 Å². The molecule has 22 heavy (non-hydrogen) atoms. The van der Waals surface area contributed by atoms with Crippen molar-refractivity contribution in [1.82, 2.24) is 0 Å². The van der Waals surface area contributed by atoms with E-state index in [4.69, 9.17) is 5.11 Å². The standard InChI is InChI=1S/C16H12O6/c1-8-10(14(17)18)7-11(15(19)20)13(12(8)16(21)22)9-5-3-2-4-6-9/h2-7H,1H3,(H,17,18)(H,19,20)(H,21,22). The number of aromatic carboxylic acids is 3. The van der Waals surface area contributed by atoms with Gasteiger partial charge in [0.25, 0.3) is 0 Å². The first kappa shape index (κ1) is 15.2. The van der Waals surface area contributed by atoms with Crippen LogP contribution in [-0.2, 0) is 0 Å². The number of hydrogen-bond donors (Lipinski definition) is 3. The molecule has 2 aromatic carbocycles. The topological polar surface area (TPSA) is 112 Å². The van der Waals surface area contributed by atoms with Gasteiger partial charge in [-0.2, -0.15) is 0 Å². The maximum Gasteiger partial charge on any atom is 0.336 e. The summed E-state index contributed by atoms with van der Waals surface area (Å²) in [5, 5.41) is 27.9. The highest BCUT2D eigenvalue weighted by Crippen LogP contribution is 2.32. The minimum absolute atomic E-state index is 0.00287. The largest absolute Gasteiger partial charge is 0.478 e. The lowest BCUT2D eigenvalue weighted by Gasteiger charge is -2.15. The molecule has 0 aliphatic heterocycles. The first-order valence-electron chi connectivity index (χ1n) is 6.27. The number of rotatable bonds is 4. The summed E-state index contributed by atoms with van der Waals surface area (Å²) in [6.45, 7) is 1.35. The van der Waals surface area contributed by atoms with Crippen molar-refractivity contribution in [3.63, 3.8) is 0 Å². The molecule has 2 aromatic rings. The Labute approximate surface area is 125 Å². The summed E-state index contributed by atoms with van der Waals surface area (Å²) in [6.07, 6.45) is 0. The van der Waals surface area contributed by atoms with Crippen LogP contribution in [0.1, 0.15) is 36.6 Å². The van der Waals surface area contributed by atoms with Crippen molar-refractivity contribution in [3.05, 3.63) is 58.7 Å².